The Labute approximate surface area is 152 Å². The van der Waals surface area contributed by atoms with Crippen LogP contribution in [-0.2, 0) is 6.42 Å². The van der Waals surface area contributed by atoms with Gasteiger partial charge < -0.3 is 19.7 Å². The van der Waals surface area contributed by atoms with Gasteiger partial charge in [-0.25, -0.2) is 0 Å². The molecular weight excluding hydrogens is 332 g/mol. The summed E-state index contributed by atoms with van der Waals surface area (Å²) in [6.07, 6.45) is 2.48. The van der Waals surface area contributed by atoms with Gasteiger partial charge in [0.05, 0.1) is 13.5 Å². The topological polar surface area (TPSA) is 76.0 Å². The van der Waals surface area contributed by atoms with Crippen LogP contribution in [-0.4, -0.2) is 23.1 Å². The van der Waals surface area contributed by atoms with E-state index in [4.69, 9.17) is 9.47 Å². The van der Waals surface area contributed by atoms with Crippen LogP contribution >= 0.6 is 0 Å². The highest BCUT2D eigenvalue weighted by Crippen LogP contribution is 2.42. The average molecular weight is 354 g/mol. The molecule has 136 valence electrons. The molecule has 0 saturated carbocycles. The van der Waals surface area contributed by atoms with Crippen molar-refractivity contribution in [1.82, 2.24) is 0 Å². The summed E-state index contributed by atoms with van der Waals surface area (Å²) in [5, 5.41) is 19.6. The molecule has 1 unspecified atom stereocenters. The van der Waals surface area contributed by atoms with Gasteiger partial charge in [-0.15, -0.1) is 0 Å². The van der Waals surface area contributed by atoms with Gasteiger partial charge in [-0.2, -0.15) is 0 Å². The first kappa shape index (κ1) is 17.9. The Hall–Kier alpha value is -2.95. The lowest BCUT2D eigenvalue weighted by atomic mass is 9.94. The molecule has 0 saturated heterocycles. The fourth-order valence-corrected chi connectivity index (χ4v) is 3.08. The second-order valence-electron chi connectivity index (χ2n) is 6.63. The van der Waals surface area contributed by atoms with Crippen molar-refractivity contribution in [3.63, 3.8) is 0 Å². The van der Waals surface area contributed by atoms with E-state index in [2.05, 4.69) is 6.08 Å². The number of fused-ring (bicyclic) bond motifs is 1. The van der Waals surface area contributed by atoms with Crippen LogP contribution in [0.15, 0.2) is 42.0 Å². The molecule has 1 heterocycles. The number of ether oxygens (including phenoxy) is 2. The summed E-state index contributed by atoms with van der Waals surface area (Å²) < 4.78 is 11.3. The number of phenolic OH excluding ortho intramolecular Hbond substituents is 2. The standard InChI is InChI=1S/C21H22O5/c1-12(2)4-5-13-8-14(6-7-18(13)25-3)19-11-17(24)21-16(23)9-15(22)10-20(21)26-19/h4,6-10,19,22-23H,5,11H2,1-3H3. The van der Waals surface area contributed by atoms with E-state index in [9.17, 15) is 15.0 Å². The predicted molar refractivity (Wildman–Crippen MR) is 98.2 cm³/mol. The van der Waals surface area contributed by atoms with E-state index < -0.39 is 6.10 Å². The zero-order valence-electron chi connectivity index (χ0n) is 15.1. The Bertz CT molecular complexity index is 878. The molecule has 0 radical (unpaired) electrons. The van der Waals surface area contributed by atoms with Gasteiger partial charge in [-0.05, 0) is 43.5 Å². The van der Waals surface area contributed by atoms with Gasteiger partial charge >= 0.3 is 0 Å². The summed E-state index contributed by atoms with van der Waals surface area (Å²) in [4.78, 5) is 12.5. The number of carbonyl (C=O) groups is 1. The number of phenols is 2. The fraction of sp³-hybridized carbons (Fsp3) is 0.286. The lowest BCUT2D eigenvalue weighted by molar-refractivity contribution is 0.0844. The Kier molecular flexibility index (Phi) is 4.89. The molecule has 0 aliphatic carbocycles. The van der Waals surface area contributed by atoms with E-state index in [1.807, 2.05) is 32.0 Å². The number of Topliss-reactive ketones (excluding diaryl/α,β-unsaturated/α-hetero) is 1. The maximum Gasteiger partial charge on any atom is 0.174 e. The third kappa shape index (κ3) is 3.52. The van der Waals surface area contributed by atoms with Crippen molar-refractivity contribution < 1.29 is 24.5 Å². The minimum absolute atomic E-state index is 0.123. The molecule has 2 aromatic rings. The van der Waals surface area contributed by atoms with Gasteiger partial charge in [0.2, 0.25) is 0 Å². The monoisotopic (exact) mass is 354 g/mol. The number of allylic oxidation sites excluding steroid dienone is 2. The molecule has 1 aliphatic rings. The molecule has 5 heteroatoms. The quantitative estimate of drug-likeness (QED) is 0.800. The minimum Gasteiger partial charge on any atom is -0.508 e. The van der Waals surface area contributed by atoms with Crippen LogP contribution in [0.25, 0.3) is 0 Å². The molecule has 5 nitrogen and oxygen atoms in total. The highest BCUT2D eigenvalue weighted by atomic mass is 16.5. The molecule has 0 amide bonds. The molecule has 0 aromatic heterocycles. The van der Waals surface area contributed by atoms with E-state index >= 15 is 0 Å². The highest BCUT2D eigenvalue weighted by molar-refractivity contribution is 6.02. The Morgan fingerprint density at radius 3 is 2.73 bits per heavy atom. The first-order valence-electron chi connectivity index (χ1n) is 8.45. The number of carbonyl (C=O) groups excluding carboxylic acids is 1. The smallest absolute Gasteiger partial charge is 0.174 e. The van der Waals surface area contributed by atoms with E-state index in [0.717, 1.165) is 29.4 Å². The normalized spacial score (nSPS) is 15.8. The first-order chi connectivity index (χ1) is 12.4. The summed E-state index contributed by atoms with van der Waals surface area (Å²) in [5.74, 6) is 0.362. The van der Waals surface area contributed by atoms with Crippen molar-refractivity contribution in [2.45, 2.75) is 32.8 Å². The lowest BCUT2D eigenvalue weighted by Gasteiger charge is -2.26. The van der Waals surface area contributed by atoms with Crippen LogP contribution < -0.4 is 9.47 Å². The first-order valence-corrected chi connectivity index (χ1v) is 8.45. The molecule has 1 aliphatic heterocycles. The summed E-state index contributed by atoms with van der Waals surface area (Å²) in [5.41, 5.74) is 3.19. The van der Waals surface area contributed by atoms with Crippen molar-refractivity contribution in [3.05, 3.63) is 58.7 Å². The van der Waals surface area contributed by atoms with Crippen LogP contribution in [0.1, 0.15) is 47.9 Å². The molecule has 0 spiro atoms. The number of methoxy groups -OCH3 is 1. The molecular formula is C21H22O5. The van der Waals surface area contributed by atoms with Gasteiger partial charge in [0.25, 0.3) is 0 Å². The van der Waals surface area contributed by atoms with Crippen LogP contribution in [0.3, 0.4) is 0 Å². The summed E-state index contributed by atoms with van der Waals surface area (Å²) in [6.45, 7) is 4.07. The lowest BCUT2D eigenvalue weighted by Crippen LogP contribution is -2.20. The number of hydrogen-bond acceptors (Lipinski definition) is 5. The fourth-order valence-electron chi connectivity index (χ4n) is 3.08. The average Bonchev–Trinajstić information content (AvgIpc) is 2.58. The largest absolute Gasteiger partial charge is 0.508 e. The van der Waals surface area contributed by atoms with Crippen LogP contribution in [0.2, 0.25) is 0 Å². The third-order valence-electron chi connectivity index (χ3n) is 4.39. The molecule has 26 heavy (non-hydrogen) atoms. The van der Waals surface area contributed by atoms with Crippen LogP contribution in [0.5, 0.6) is 23.0 Å². The van der Waals surface area contributed by atoms with Gasteiger partial charge in [-0.1, -0.05) is 17.7 Å². The van der Waals surface area contributed by atoms with Crippen LogP contribution in [0.4, 0.5) is 0 Å². The number of rotatable bonds is 4. The second-order valence-corrected chi connectivity index (χ2v) is 6.63. The predicted octanol–water partition coefficient (Wildman–Crippen LogP) is 4.32. The highest BCUT2D eigenvalue weighted by Gasteiger charge is 2.31. The number of ketones is 1. The maximum atomic E-state index is 12.5. The molecule has 3 rings (SSSR count). The Morgan fingerprint density at radius 1 is 1.27 bits per heavy atom. The molecule has 1 atom stereocenters. The number of aromatic hydroxyl groups is 2. The van der Waals surface area contributed by atoms with Gasteiger partial charge in [-0.3, -0.25) is 4.79 Å². The van der Waals surface area contributed by atoms with Crippen molar-refractivity contribution in [2.75, 3.05) is 7.11 Å². The zero-order valence-corrected chi connectivity index (χ0v) is 15.1. The van der Waals surface area contributed by atoms with E-state index in [0.29, 0.717) is 0 Å². The van der Waals surface area contributed by atoms with Gasteiger partial charge in [0.1, 0.15) is 34.7 Å². The summed E-state index contributed by atoms with van der Waals surface area (Å²) in [7, 11) is 1.63. The molecule has 2 N–H and O–H groups in total. The summed E-state index contributed by atoms with van der Waals surface area (Å²) in [6, 6.07) is 8.21. The Balaban J connectivity index is 1.96. The van der Waals surface area contributed by atoms with Crippen molar-refractivity contribution in [3.8, 4) is 23.0 Å². The third-order valence-corrected chi connectivity index (χ3v) is 4.39. The second kappa shape index (κ2) is 7.12. The van der Waals surface area contributed by atoms with Gasteiger partial charge in [0.15, 0.2) is 5.78 Å². The maximum absolute atomic E-state index is 12.5. The van der Waals surface area contributed by atoms with Crippen molar-refractivity contribution in [1.29, 1.82) is 0 Å². The van der Waals surface area contributed by atoms with E-state index in [1.165, 1.54) is 11.6 Å². The SMILES string of the molecule is COc1ccc(C2CC(=O)c3c(O)cc(O)cc3O2)cc1CC=C(C)C. The van der Waals surface area contributed by atoms with E-state index in [1.54, 1.807) is 7.11 Å². The minimum atomic E-state index is -0.479. The molecule has 0 bridgehead atoms. The van der Waals surface area contributed by atoms with E-state index in [-0.39, 0.29) is 35.0 Å². The summed E-state index contributed by atoms with van der Waals surface area (Å²) >= 11 is 0. The number of hydrogen-bond donors (Lipinski definition) is 2. The molecule has 2 aromatic carbocycles. The molecule has 0 fully saturated rings. The Morgan fingerprint density at radius 2 is 2.04 bits per heavy atom. The van der Waals surface area contributed by atoms with Crippen molar-refractivity contribution >= 4 is 5.78 Å². The van der Waals surface area contributed by atoms with Crippen LogP contribution in [0, 0.1) is 0 Å². The number of benzene rings is 2. The zero-order chi connectivity index (χ0) is 18.8. The van der Waals surface area contributed by atoms with Gasteiger partial charge in [0, 0.05) is 12.1 Å². The van der Waals surface area contributed by atoms with Crippen molar-refractivity contribution in [2.24, 2.45) is 0 Å².